The minimum absolute atomic E-state index is 0.203. The van der Waals surface area contributed by atoms with Crippen molar-refractivity contribution in [3.05, 3.63) is 29.6 Å². The second-order valence-corrected chi connectivity index (χ2v) is 3.41. The minimum Gasteiger partial charge on any atom is -0.389 e. The summed E-state index contributed by atoms with van der Waals surface area (Å²) in [5, 5.41) is 19.2. The highest BCUT2D eigenvalue weighted by Gasteiger charge is 2.20. The van der Waals surface area contributed by atoms with E-state index in [0.29, 0.717) is 11.8 Å². The molecule has 2 unspecified atom stereocenters. The number of hydrogen-bond donors (Lipinski definition) is 2. The van der Waals surface area contributed by atoms with Gasteiger partial charge in [0.25, 0.3) is 0 Å². The van der Waals surface area contributed by atoms with Gasteiger partial charge in [0.15, 0.2) is 6.29 Å². The van der Waals surface area contributed by atoms with Gasteiger partial charge in [-0.15, -0.1) is 0 Å². The van der Waals surface area contributed by atoms with Crippen LogP contribution in [-0.2, 0) is 0 Å². The summed E-state index contributed by atoms with van der Waals surface area (Å²) in [6.07, 6.45) is -0.0432. The highest BCUT2D eigenvalue weighted by atomic mass is 79.9. The molecule has 5 heteroatoms. The fraction of sp³-hybridized carbons (Fsp3) is 0.333. The Labute approximate surface area is 89.7 Å². The third-order valence-corrected chi connectivity index (χ3v) is 2.46. The number of pyridine rings is 1. The molecule has 0 bridgehead atoms. The second kappa shape index (κ2) is 5.19. The fourth-order valence-corrected chi connectivity index (χ4v) is 1.40. The molecule has 2 atom stereocenters. The molecule has 0 aromatic carbocycles. The van der Waals surface area contributed by atoms with Gasteiger partial charge in [0.2, 0.25) is 0 Å². The van der Waals surface area contributed by atoms with Gasteiger partial charge in [-0.25, -0.2) is 0 Å². The maximum atomic E-state index is 10.6. The normalized spacial score (nSPS) is 14.8. The molecule has 2 N–H and O–H groups in total. The molecule has 0 spiro atoms. The van der Waals surface area contributed by atoms with Crippen LogP contribution in [0.3, 0.4) is 0 Å². The summed E-state index contributed by atoms with van der Waals surface area (Å²) in [6.45, 7) is 0. The molecule has 76 valence electrons. The van der Waals surface area contributed by atoms with Gasteiger partial charge < -0.3 is 10.2 Å². The van der Waals surface area contributed by atoms with E-state index < -0.39 is 12.2 Å². The number of alkyl halides is 1. The van der Waals surface area contributed by atoms with Gasteiger partial charge in [0.1, 0.15) is 6.10 Å². The summed E-state index contributed by atoms with van der Waals surface area (Å²) in [7, 11) is 0. The van der Waals surface area contributed by atoms with Crippen molar-refractivity contribution in [3.63, 3.8) is 0 Å². The lowest BCUT2D eigenvalue weighted by molar-refractivity contribution is 0.0311. The van der Waals surface area contributed by atoms with Crippen LogP contribution in [0.15, 0.2) is 18.3 Å². The van der Waals surface area contributed by atoms with Crippen molar-refractivity contribution in [2.75, 3.05) is 5.33 Å². The van der Waals surface area contributed by atoms with E-state index in [2.05, 4.69) is 20.9 Å². The molecular formula is C9H10BrNO3. The summed E-state index contributed by atoms with van der Waals surface area (Å²) < 4.78 is 0. The number of rotatable bonds is 4. The standard InChI is InChI=1S/C9H10BrNO3/c10-4-7(13)9(14)8-6(5-12)2-1-3-11-8/h1-3,5,7,9,13-14H,4H2. The fourth-order valence-electron chi connectivity index (χ4n) is 1.04. The van der Waals surface area contributed by atoms with E-state index in [4.69, 9.17) is 0 Å². The number of aliphatic hydroxyl groups is 2. The smallest absolute Gasteiger partial charge is 0.151 e. The molecule has 0 amide bonds. The van der Waals surface area contributed by atoms with E-state index in [1.807, 2.05) is 0 Å². The molecular weight excluding hydrogens is 250 g/mol. The number of aldehydes is 1. The molecule has 0 radical (unpaired) electrons. The summed E-state index contributed by atoms with van der Waals surface area (Å²) in [5.41, 5.74) is 0.495. The first kappa shape index (κ1) is 11.3. The van der Waals surface area contributed by atoms with E-state index in [0.717, 1.165) is 0 Å². The molecule has 0 aliphatic heterocycles. The number of halogens is 1. The Morgan fingerprint density at radius 1 is 1.57 bits per heavy atom. The molecule has 0 fully saturated rings. The molecule has 1 rings (SSSR count). The van der Waals surface area contributed by atoms with Crippen molar-refractivity contribution in [2.24, 2.45) is 0 Å². The average molecular weight is 260 g/mol. The first-order valence-electron chi connectivity index (χ1n) is 4.03. The van der Waals surface area contributed by atoms with Gasteiger partial charge in [0, 0.05) is 17.1 Å². The van der Waals surface area contributed by atoms with Crippen molar-refractivity contribution in [1.82, 2.24) is 4.98 Å². The minimum atomic E-state index is -1.14. The number of carbonyl (C=O) groups is 1. The zero-order valence-electron chi connectivity index (χ0n) is 7.30. The van der Waals surface area contributed by atoms with E-state index in [9.17, 15) is 15.0 Å². The van der Waals surface area contributed by atoms with Crippen molar-refractivity contribution in [2.45, 2.75) is 12.2 Å². The van der Waals surface area contributed by atoms with Crippen LogP contribution in [0.1, 0.15) is 22.2 Å². The van der Waals surface area contributed by atoms with Gasteiger partial charge in [0.05, 0.1) is 11.8 Å². The first-order chi connectivity index (χ1) is 6.70. The SMILES string of the molecule is O=Cc1cccnc1C(O)C(O)CBr. The molecule has 0 saturated carbocycles. The zero-order valence-corrected chi connectivity index (χ0v) is 8.89. The largest absolute Gasteiger partial charge is 0.389 e. The molecule has 0 saturated heterocycles. The topological polar surface area (TPSA) is 70.4 Å². The highest BCUT2D eigenvalue weighted by Crippen LogP contribution is 2.18. The molecule has 0 aliphatic rings. The number of hydrogen-bond acceptors (Lipinski definition) is 4. The summed E-state index contributed by atoms with van der Waals surface area (Å²) in [4.78, 5) is 14.5. The Morgan fingerprint density at radius 2 is 2.29 bits per heavy atom. The van der Waals surface area contributed by atoms with E-state index in [1.165, 1.54) is 6.20 Å². The van der Waals surface area contributed by atoms with E-state index in [-0.39, 0.29) is 11.0 Å². The van der Waals surface area contributed by atoms with Gasteiger partial charge in [-0.05, 0) is 12.1 Å². The van der Waals surface area contributed by atoms with Crippen LogP contribution in [0, 0.1) is 0 Å². The Bertz CT molecular complexity index is 319. The van der Waals surface area contributed by atoms with E-state index >= 15 is 0 Å². The first-order valence-corrected chi connectivity index (χ1v) is 5.15. The molecule has 4 nitrogen and oxygen atoms in total. The maximum Gasteiger partial charge on any atom is 0.151 e. The van der Waals surface area contributed by atoms with Gasteiger partial charge in [-0.1, -0.05) is 15.9 Å². The van der Waals surface area contributed by atoms with Gasteiger partial charge in [-0.2, -0.15) is 0 Å². The van der Waals surface area contributed by atoms with Crippen LogP contribution in [0.25, 0.3) is 0 Å². The van der Waals surface area contributed by atoms with Crippen molar-refractivity contribution >= 4 is 22.2 Å². The summed E-state index contributed by atoms with van der Waals surface area (Å²) in [5.74, 6) is 0. The van der Waals surface area contributed by atoms with Crippen LogP contribution in [0.2, 0.25) is 0 Å². The summed E-state index contributed by atoms with van der Waals surface area (Å²) in [6, 6.07) is 3.14. The van der Waals surface area contributed by atoms with Crippen molar-refractivity contribution in [1.29, 1.82) is 0 Å². The number of nitrogens with zero attached hydrogens (tertiary/aromatic N) is 1. The predicted octanol–water partition coefficient (Wildman–Crippen LogP) is 0.683. The molecule has 0 aliphatic carbocycles. The van der Waals surface area contributed by atoms with Gasteiger partial charge >= 0.3 is 0 Å². The lowest BCUT2D eigenvalue weighted by atomic mass is 10.1. The second-order valence-electron chi connectivity index (χ2n) is 2.76. The van der Waals surface area contributed by atoms with Crippen LogP contribution >= 0.6 is 15.9 Å². The van der Waals surface area contributed by atoms with Crippen molar-refractivity contribution in [3.8, 4) is 0 Å². The number of aliphatic hydroxyl groups excluding tert-OH is 2. The lowest BCUT2D eigenvalue weighted by Gasteiger charge is -2.15. The van der Waals surface area contributed by atoms with Crippen molar-refractivity contribution < 1.29 is 15.0 Å². The monoisotopic (exact) mass is 259 g/mol. The Balaban J connectivity index is 2.99. The predicted molar refractivity (Wildman–Crippen MR) is 54.4 cm³/mol. The summed E-state index contributed by atoms with van der Waals surface area (Å²) >= 11 is 3.03. The average Bonchev–Trinajstić information content (AvgIpc) is 2.26. The molecule has 1 aromatic rings. The van der Waals surface area contributed by atoms with Crippen LogP contribution < -0.4 is 0 Å². The molecule has 1 heterocycles. The third-order valence-electron chi connectivity index (χ3n) is 1.80. The number of aromatic nitrogens is 1. The quantitative estimate of drug-likeness (QED) is 0.617. The Hall–Kier alpha value is -0.780. The van der Waals surface area contributed by atoms with Gasteiger partial charge in [-0.3, -0.25) is 9.78 Å². The van der Waals surface area contributed by atoms with Crippen LogP contribution in [0.5, 0.6) is 0 Å². The molecule has 1 aromatic heterocycles. The third kappa shape index (κ3) is 2.37. The maximum absolute atomic E-state index is 10.6. The zero-order chi connectivity index (χ0) is 10.6. The number of carbonyl (C=O) groups excluding carboxylic acids is 1. The Kier molecular flexibility index (Phi) is 4.19. The van der Waals surface area contributed by atoms with Crippen LogP contribution in [-0.4, -0.2) is 32.9 Å². The Morgan fingerprint density at radius 3 is 2.86 bits per heavy atom. The highest BCUT2D eigenvalue weighted by molar-refractivity contribution is 9.09. The lowest BCUT2D eigenvalue weighted by Crippen LogP contribution is -2.21. The van der Waals surface area contributed by atoms with Crippen LogP contribution in [0.4, 0.5) is 0 Å². The molecule has 14 heavy (non-hydrogen) atoms. The van der Waals surface area contributed by atoms with E-state index in [1.54, 1.807) is 12.1 Å².